The van der Waals surface area contributed by atoms with Crippen LogP contribution >= 0.6 is 0 Å². The number of ether oxygens (including phenoxy) is 3. The van der Waals surface area contributed by atoms with Gasteiger partial charge >= 0.3 is 17.9 Å². The summed E-state index contributed by atoms with van der Waals surface area (Å²) in [5.74, 6) is -0.882. The molecule has 0 bridgehead atoms. The van der Waals surface area contributed by atoms with E-state index in [1.807, 2.05) is 0 Å². The summed E-state index contributed by atoms with van der Waals surface area (Å²) >= 11 is 0. The van der Waals surface area contributed by atoms with Crippen LogP contribution in [0.5, 0.6) is 0 Å². The lowest BCUT2D eigenvalue weighted by atomic mass is 10.0. The largest absolute Gasteiger partial charge is 0.462 e. The Morgan fingerprint density at radius 1 is 0.276 bits per heavy atom. The molecule has 0 spiro atoms. The SMILES string of the molecule is CC/C=C\C/C=C\C/C=C\C/C=C\C/C=C\CCCCCCCCCCCCCCCC(=O)OCC(COC(=O)CCCCCCC/C=C\CCCC)OC(=O)CCCCCCCCC/C=C\CCCCCCCCC. The molecule has 0 heterocycles. The second kappa shape index (κ2) is 64.1. The number of rotatable bonds is 59. The molecule has 76 heavy (non-hydrogen) atoms. The van der Waals surface area contributed by atoms with Gasteiger partial charge in [-0.1, -0.05) is 279 Å². The molecule has 0 fully saturated rings. The Morgan fingerprint density at radius 2 is 0.526 bits per heavy atom. The molecule has 0 rings (SSSR count). The van der Waals surface area contributed by atoms with Crippen LogP contribution in [0.1, 0.15) is 323 Å². The number of hydrogen-bond donors (Lipinski definition) is 0. The lowest BCUT2D eigenvalue weighted by Crippen LogP contribution is -2.30. The summed E-state index contributed by atoms with van der Waals surface area (Å²) in [6.45, 7) is 6.51. The molecular weight excluding hydrogens is 937 g/mol. The van der Waals surface area contributed by atoms with Gasteiger partial charge in [0, 0.05) is 19.3 Å². The number of unbranched alkanes of at least 4 members (excludes halogenated alkanes) is 34. The van der Waals surface area contributed by atoms with Gasteiger partial charge in [-0.15, -0.1) is 0 Å². The van der Waals surface area contributed by atoms with Gasteiger partial charge in [0.1, 0.15) is 13.2 Å². The summed E-state index contributed by atoms with van der Waals surface area (Å²) in [7, 11) is 0. The van der Waals surface area contributed by atoms with E-state index >= 15 is 0 Å². The first kappa shape index (κ1) is 72.6. The van der Waals surface area contributed by atoms with Gasteiger partial charge in [0.25, 0.3) is 0 Å². The monoisotopic (exact) mass is 1060 g/mol. The highest BCUT2D eigenvalue weighted by molar-refractivity contribution is 5.71. The lowest BCUT2D eigenvalue weighted by molar-refractivity contribution is -0.167. The third kappa shape index (κ3) is 61.4. The Kier molecular flexibility index (Phi) is 61.2. The lowest BCUT2D eigenvalue weighted by Gasteiger charge is -2.18. The number of carbonyl (C=O) groups excluding carboxylic acids is 3. The Balaban J connectivity index is 4.22. The number of hydrogen-bond acceptors (Lipinski definition) is 6. The predicted octanol–water partition coefficient (Wildman–Crippen LogP) is 22.3. The summed E-state index contributed by atoms with van der Waals surface area (Å²) in [6.07, 6.45) is 84.6. The minimum atomic E-state index is -0.782. The van der Waals surface area contributed by atoms with Crippen LogP contribution in [0.2, 0.25) is 0 Å². The van der Waals surface area contributed by atoms with E-state index in [1.54, 1.807) is 0 Å². The van der Waals surface area contributed by atoms with Gasteiger partial charge in [0.15, 0.2) is 6.10 Å². The molecule has 0 saturated carbocycles. The third-order valence-electron chi connectivity index (χ3n) is 14.1. The summed E-state index contributed by atoms with van der Waals surface area (Å²) < 4.78 is 16.9. The Hall–Kier alpha value is -3.41. The van der Waals surface area contributed by atoms with E-state index in [-0.39, 0.29) is 31.1 Å². The van der Waals surface area contributed by atoms with Crippen LogP contribution in [-0.4, -0.2) is 37.2 Å². The average Bonchev–Trinajstić information content (AvgIpc) is 3.42. The second-order valence-corrected chi connectivity index (χ2v) is 21.6. The molecule has 0 radical (unpaired) electrons. The topological polar surface area (TPSA) is 78.9 Å². The number of allylic oxidation sites excluding steroid dienone is 14. The quantitative estimate of drug-likeness (QED) is 0.0261. The maximum Gasteiger partial charge on any atom is 0.306 e. The molecule has 6 nitrogen and oxygen atoms in total. The molecule has 0 aromatic carbocycles. The van der Waals surface area contributed by atoms with Crippen molar-refractivity contribution in [2.75, 3.05) is 13.2 Å². The van der Waals surface area contributed by atoms with Crippen molar-refractivity contribution in [2.45, 2.75) is 329 Å². The standard InChI is InChI=1S/C70H122O6/c1-4-7-10-13-16-19-22-24-26-28-30-31-32-33-34-35-36-37-38-39-40-42-43-45-48-51-54-57-60-63-69(72)75-66-67(65-74-68(71)62-59-56-53-50-47-21-18-15-12-9-6-3)76-70(73)64-61-58-55-52-49-46-44-41-29-27-25-23-20-17-14-11-8-5-2/h7,10,15-16,18-19,24,26-27,29-31,33-34,67H,4-6,8-9,11-14,17,20-23,25,28,32,35-66H2,1-3H3/b10-7-,18-15-,19-16-,26-24-,29-27-,31-30-,34-33-. The minimum absolute atomic E-state index is 0.0792. The molecule has 0 aromatic rings. The highest BCUT2D eigenvalue weighted by atomic mass is 16.6. The van der Waals surface area contributed by atoms with E-state index in [9.17, 15) is 14.4 Å². The molecule has 0 aliphatic heterocycles. The van der Waals surface area contributed by atoms with E-state index in [2.05, 4.69) is 106 Å². The van der Waals surface area contributed by atoms with Crippen molar-refractivity contribution < 1.29 is 28.6 Å². The molecule has 0 aliphatic carbocycles. The Bertz CT molecular complexity index is 1450. The van der Waals surface area contributed by atoms with Gasteiger partial charge in [0.05, 0.1) is 0 Å². The first-order valence-corrected chi connectivity index (χ1v) is 32.6. The van der Waals surface area contributed by atoms with E-state index < -0.39 is 6.10 Å². The summed E-state index contributed by atoms with van der Waals surface area (Å²) in [4.78, 5) is 38.3. The highest BCUT2D eigenvalue weighted by Crippen LogP contribution is 2.16. The Morgan fingerprint density at radius 3 is 0.855 bits per heavy atom. The minimum Gasteiger partial charge on any atom is -0.462 e. The van der Waals surface area contributed by atoms with Crippen molar-refractivity contribution >= 4 is 17.9 Å². The van der Waals surface area contributed by atoms with Gasteiger partial charge in [-0.05, 0) is 109 Å². The molecule has 1 atom stereocenters. The van der Waals surface area contributed by atoms with Crippen LogP contribution in [0, 0.1) is 0 Å². The van der Waals surface area contributed by atoms with Gasteiger partial charge < -0.3 is 14.2 Å². The van der Waals surface area contributed by atoms with Crippen LogP contribution in [0.25, 0.3) is 0 Å². The summed E-state index contributed by atoms with van der Waals surface area (Å²) in [6, 6.07) is 0. The first-order valence-electron chi connectivity index (χ1n) is 32.6. The fourth-order valence-corrected chi connectivity index (χ4v) is 9.21. The van der Waals surface area contributed by atoms with Crippen LogP contribution in [0.15, 0.2) is 85.1 Å². The van der Waals surface area contributed by atoms with E-state index in [1.165, 1.54) is 186 Å². The Labute approximate surface area is 471 Å². The molecule has 0 amide bonds. The maximum absolute atomic E-state index is 12.9. The van der Waals surface area contributed by atoms with Gasteiger partial charge in [-0.25, -0.2) is 0 Å². The zero-order valence-electron chi connectivity index (χ0n) is 50.3. The van der Waals surface area contributed by atoms with Crippen molar-refractivity contribution in [3.63, 3.8) is 0 Å². The van der Waals surface area contributed by atoms with Gasteiger partial charge in [-0.3, -0.25) is 14.4 Å². The highest BCUT2D eigenvalue weighted by Gasteiger charge is 2.19. The maximum atomic E-state index is 12.9. The van der Waals surface area contributed by atoms with Gasteiger partial charge in [0.2, 0.25) is 0 Å². The molecule has 0 aromatic heterocycles. The molecule has 0 N–H and O–H groups in total. The fraction of sp³-hybridized carbons (Fsp3) is 0.757. The zero-order chi connectivity index (χ0) is 55.0. The van der Waals surface area contributed by atoms with Gasteiger partial charge in [-0.2, -0.15) is 0 Å². The predicted molar refractivity (Wildman–Crippen MR) is 330 cm³/mol. The second-order valence-electron chi connectivity index (χ2n) is 21.6. The van der Waals surface area contributed by atoms with Crippen molar-refractivity contribution in [1.29, 1.82) is 0 Å². The molecule has 1 unspecified atom stereocenters. The number of carbonyl (C=O) groups is 3. The molecule has 0 saturated heterocycles. The molecule has 6 heteroatoms. The van der Waals surface area contributed by atoms with Crippen LogP contribution in [-0.2, 0) is 28.6 Å². The normalized spacial score (nSPS) is 12.6. The summed E-state index contributed by atoms with van der Waals surface area (Å²) in [5.41, 5.74) is 0. The van der Waals surface area contributed by atoms with Crippen molar-refractivity contribution in [2.24, 2.45) is 0 Å². The van der Waals surface area contributed by atoms with Crippen LogP contribution in [0.4, 0.5) is 0 Å². The first-order chi connectivity index (χ1) is 37.5. The summed E-state index contributed by atoms with van der Waals surface area (Å²) in [5, 5.41) is 0. The molecule has 0 aliphatic rings. The number of esters is 3. The fourth-order valence-electron chi connectivity index (χ4n) is 9.21. The molecule has 438 valence electrons. The zero-order valence-corrected chi connectivity index (χ0v) is 50.3. The van der Waals surface area contributed by atoms with Crippen molar-refractivity contribution in [1.82, 2.24) is 0 Å². The van der Waals surface area contributed by atoms with E-state index in [4.69, 9.17) is 14.2 Å². The van der Waals surface area contributed by atoms with Crippen LogP contribution < -0.4 is 0 Å². The molecular formula is C70H122O6. The smallest absolute Gasteiger partial charge is 0.306 e. The van der Waals surface area contributed by atoms with Crippen LogP contribution in [0.3, 0.4) is 0 Å². The average molecular weight is 1060 g/mol. The van der Waals surface area contributed by atoms with E-state index in [0.717, 1.165) is 96.3 Å². The van der Waals surface area contributed by atoms with Crippen molar-refractivity contribution in [3.05, 3.63) is 85.1 Å². The van der Waals surface area contributed by atoms with E-state index in [0.29, 0.717) is 19.3 Å². The third-order valence-corrected chi connectivity index (χ3v) is 14.1. The van der Waals surface area contributed by atoms with Crippen molar-refractivity contribution in [3.8, 4) is 0 Å².